The molecule has 2 fully saturated rings. The monoisotopic (exact) mass is 910 g/mol. The minimum absolute atomic E-state index is 0.0441. The van der Waals surface area contributed by atoms with Gasteiger partial charge in [0.1, 0.15) is 22.7 Å². The van der Waals surface area contributed by atoms with Crippen LogP contribution in [-0.4, -0.2) is 86.3 Å². The van der Waals surface area contributed by atoms with Gasteiger partial charge in [0.2, 0.25) is 5.91 Å². The van der Waals surface area contributed by atoms with Gasteiger partial charge in [-0.25, -0.2) is 9.07 Å². The Labute approximate surface area is 375 Å². The molecule has 1 unspecified atom stereocenters. The summed E-state index contributed by atoms with van der Waals surface area (Å²) >= 11 is 0. The highest BCUT2D eigenvalue weighted by Crippen LogP contribution is 2.38. The van der Waals surface area contributed by atoms with E-state index in [1.54, 1.807) is 58.3 Å². The van der Waals surface area contributed by atoms with Gasteiger partial charge in [-0.2, -0.15) is 23.4 Å². The number of benzene rings is 4. The molecule has 0 radical (unpaired) electrons. The van der Waals surface area contributed by atoms with Crippen molar-refractivity contribution in [3.05, 3.63) is 139 Å². The fourth-order valence-electron chi connectivity index (χ4n) is 8.16. The smallest absolute Gasteiger partial charge is 0.423 e. The van der Waals surface area contributed by atoms with E-state index in [9.17, 15) is 42.5 Å². The molecule has 3 amide bonds. The van der Waals surface area contributed by atoms with Crippen LogP contribution in [0.5, 0.6) is 5.75 Å². The van der Waals surface area contributed by atoms with Crippen molar-refractivity contribution in [1.82, 2.24) is 25.0 Å². The number of unbranched alkanes of at least 4 members (excludes halogenated alkanes) is 2. The summed E-state index contributed by atoms with van der Waals surface area (Å²) in [6.45, 7) is 3.80. The van der Waals surface area contributed by atoms with Crippen LogP contribution >= 0.6 is 0 Å². The van der Waals surface area contributed by atoms with E-state index in [2.05, 4.69) is 15.8 Å². The number of hydrazone groups is 1. The van der Waals surface area contributed by atoms with Crippen LogP contribution in [0.1, 0.15) is 78.2 Å². The third kappa shape index (κ3) is 10.0. The first-order chi connectivity index (χ1) is 31.6. The van der Waals surface area contributed by atoms with Crippen molar-refractivity contribution in [2.75, 3.05) is 38.1 Å². The third-order valence-electron chi connectivity index (χ3n) is 12.1. The van der Waals surface area contributed by atoms with Crippen LogP contribution in [0.2, 0.25) is 0 Å². The molecule has 5 aromatic rings. The SMILES string of the molecule is CC1(C(=O)Nc2ccc([N+](=O)[O-])c(C(F)(F)F)c2)CC(c2ccc(OCCCCCn3nc(Cc4ccc(F)c(C(=O)N5CCN(C(=O)C6CC6)CC5)c4)c4ccccc4c3=O)cc2)=NN1. The van der Waals surface area contributed by atoms with Crippen molar-refractivity contribution in [1.29, 1.82) is 0 Å². The maximum Gasteiger partial charge on any atom is 0.423 e. The van der Waals surface area contributed by atoms with Crippen molar-refractivity contribution >= 4 is 45.6 Å². The average molecular weight is 911 g/mol. The Balaban J connectivity index is 0.820. The summed E-state index contributed by atoms with van der Waals surface area (Å²) in [5, 5.41) is 23.7. The number of carbonyl (C=O) groups excluding carboxylic acids is 3. The zero-order valence-corrected chi connectivity index (χ0v) is 35.9. The molecule has 344 valence electrons. The Bertz CT molecular complexity index is 2790. The molecule has 2 aliphatic heterocycles. The van der Waals surface area contributed by atoms with E-state index >= 15 is 4.39 Å². The number of amides is 3. The van der Waals surface area contributed by atoms with E-state index in [1.807, 2.05) is 12.1 Å². The van der Waals surface area contributed by atoms with Gasteiger partial charge in [0.05, 0.1) is 33.9 Å². The number of nitrogens with zero attached hydrogens (tertiary/aromatic N) is 6. The molecule has 19 heteroatoms. The van der Waals surface area contributed by atoms with Crippen LogP contribution in [0.25, 0.3) is 10.8 Å². The molecule has 2 N–H and O–H groups in total. The standard InChI is InChI=1S/C47H46F4N8O7/c1-46(45(63)52-32-14-18-41(59(64)65)37(27-32)47(49,50)51)28-40(53-55-46)30-12-15-33(16-13-30)66-24-6-2-5-19-58-44(62)35-8-4-3-7-34(35)39(54-58)26-29-9-17-38(48)36(25-29)43(61)57-22-20-56(21-23-57)42(60)31-10-11-31/h3-4,7-9,12-18,25,27,31,55H,2,5-6,10-11,19-24,26,28H2,1H3,(H,52,63). The van der Waals surface area contributed by atoms with Crippen LogP contribution in [-0.2, 0) is 28.7 Å². The zero-order chi connectivity index (χ0) is 46.8. The van der Waals surface area contributed by atoms with Crippen LogP contribution in [0, 0.1) is 21.8 Å². The van der Waals surface area contributed by atoms with Gasteiger partial charge in [0.25, 0.3) is 23.1 Å². The van der Waals surface area contributed by atoms with Gasteiger partial charge in [0, 0.05) is 68.6 Å². The first-order valence-electron chi connectivity index (χ1n) is 21.7. The summed E-state index contributed by atoms with van der Waals surface area (Å²) in [6.07, 6.45) is -0.782. The third-order valence-corrected chi connectivity index (χ3v) is 12.1. The molecule has 0 spiro atoms. The Morgan fingerprint density at radius 1 is 0.924 bits per heavy atom. The molecule has 66 heavy (non-hydrogen) atoms. The number of alkyl halides is 3. The van der Waals surface area contributed by atoms with Gasteiger partial charge in [-0.15, -0.1) is 0 Å². The number of aromatic nitrogens is 2. The molecular weight excluding hydrogens is 865 g/mol. The van der Waals surface area contributed by atoms with E-state index in [-0.39, 0.29) is 41.5 Å². The minimum Gasteiger partial charge on any atom is -0.494 e. The van der Waals surface area contributed by atoms with Gasteiger partial charge in [-0.3, -0.25) is 34.7 Å². The molecule has 15 nitrogen and oxygen atoms in total. The van der Waals surface area contributed by atoms with Crippen molar-refractivity contribution < 1.29 is 41.6 Å². The average Bonchev–Trinajstić information content (AvgIpc) is 4.09. The number of rotatable bonds is 15. The number of piperazine rings is 1. The lowest BCUT2D eigenvalue weighted by molar-refractivity contribution is -0.388. The summed E-state index contributed by atoms with van der Waals surface area (Å²) in [4.78, 5) is 66.0. The summed E-state index contributed by atoms with van der Waals surface area (Å²) < 4.78 is 62.9. The molecule has 0 bridgehead atoms. The molecule has 3 aliphatic rings. The second-order valence-electron chi connectivity index (χ2n) is 17.0. The fraction of sp³-hybridized carbons (Fsp3) is 0.362. The predicted octanol–water partition coefficient (Wildman–Crippen LogP) is 7.09. The van der Waals surface area contributed by atoms with Crippen LogP contribution in [0.15, 0.2) is 94.8 Å². The number of fused-ring (bicyclic) bond motifs is 1. The second-order valence-corrected chi connectivity index (χ2v) is 17.0. The maximum atomic E-state index is 15.1. The number of nitrogens with one attached hydrogen (secondary N) is 2. The van der Waals surface area contributed by atoms with Crippen molar-refractivity contribution in [2.24, 2.45) is 11.0 Å². The summed E-state index contributed by atoms with van der Waals surface area (Å²) in [7, 11) is 0. The first kappa shape index (κ1) is 45.4. The Morgan fingerprint density at radius 2 is 1.64 bits per heavy atom. The highest BCUT2D eigenvalue weighted by Gasteiger charge is 2.41. The Kier molecular flexibility index (Phi) is 12.9. The lowest BCUT2D eigenvalue weighted by Gasteiger charge is -2.35. The Morgan fingerprint density at radius 3 is 2.33 bits per heavy atom. The maximum absolute atomic E-state index is 15.1. The number of aryl methyl sites for hydroxylation is 1. The Hall–Kier alpha value is -7.18. The largest absolute Gasteiger partial charge is 0.494 e. The number of ether oxygens (including phenoxy) is 1. The topological polar surface area (TPSA) is 181 Å². The van der Waals surface area contributed by atoms with Crippen molar-refractivity contribution in [3.8, 4) is 5.75 Å². The zero-order valence-electron chi connectivity index (χ0n) is 35.9. The second kappa shape index (κ2) is 18.7. The molecule has 8 rings (SSSR count). The molecule has 1 aliphatic carbocycles. The highest BCUT2D eigenvalue weighted by molar-refractivity contribution is 6.09. The summed E-state index contributed by atoms with van der Waals surface area (Å²) in [5.41, 5.74) is 0.827. The number of hydrogen-bond acceptors (Lipinski definition) is 10. The molecule has 1 saturated carbocycles. The molecule has 1 atom stereocenters. The number of nitro benzene ring substituents is 1. The van der Waals surface area contributed by atoms with Gasteiger partial charge >= 0.3 is 6.18 Å². The van der Waals surface area contributed by atoms with Gasteiger partial charge in [0.15, 0.2) is 0 Å². The van der Waals surface area contributed by atoms with Crippen LogP contribution in [0.3, 0.4) is 0 Å². The number of hydrogen-bond donors (Lipinski definition) is 2. The lowest BCUT2D eigenvalue weighted by atomic mass is 9.93. The van der Waals surface area contributed by atoms with E-state index in [1.165, 1.54) is 17.7 Å². The molecule has 4 aromatic carbocycles. The number of halogens is 4. The van der Waals surface area contributed by atoms with Crippen molar-refractivity contribution in [3.63, 3.8) is 0 Å². The molecular formula is C47H46F4N8O7. The number of carbonyl (C=O) groups is 3. The van der Waals surface area contributed by atoms with Crippen LogP contribution < -0.4 is 21.0 Å². The molecule has 1 aromatic heterocycles. The minimum atomic E-state index is -5.00. The van der Waals surface area contributed by atoms with Crippen molar-refractivity contribution in [2.45, 2.75) is 70.1 Å². The predicted molar refractivity (Wildman–Crippen MR) is 236 cm³/mol. The lowest BCUT2D eigenvalue weighted by Crippen LogP contribution is -2.51. The quantitative estimate of drug-likeness (QED) is 0.0480. The van der Waals surface area contributed by atoms with Crippen LogP contribution in [0.4, 0.5) is 28.9 Å². The molecule has 1 saturated heterocycles. The number of anilines is 1. The fourth-order valence-corrected chi connectivity index (χ4v) is 8.16. The van der Waals surface area contributed by atoms with E-state index in [4.69, 9.17) is 9.84 Å². The summed E-state index contributed by atoms with van der Waals surface area (Å²) in [5.74, 6) is -0.908. The van der Waals surface area contributed by atoms with Gasteiger partial charge in [-0.1, -0.05) is 24.3 Å². The molecule has 3 heterocycles. The highest BCUT2D eigenvalue weighted by atomic mass is 19.4. The van der Waals surface area contributed by atoms with E-state index in [0.29, 0.717) is 103 Å². The summed E-state index contributed by atoms with van der Waals surface area (Å²) in [6, 6.07) is 20.9. The van der Waals surface area contributed by atoms with Gasteiger partial charge < -0.3 is 19.9 Å². The first-order valence-corrected chi connectivity index (χ1v) is 21.7. The van der Waals surface area contributed by atoms with Gasteiger partial charge in [-0.05, 0) is 105 Å². The number of nitro groups is 1. The van der Waals surface area contributed by atoms with E-state index in [0.717, 1.165) is 25.3 Å². The van der Waals surface area contributed by atoms with E-state index < -0.39 is 45.5 Å². The normalized spacial score (nSPS) is 17.3.